The number of hydrogen-bond acceptors (Lipinski definition) is 3. The molecule has 16 heavy (non-hydrogen) atoms. The van der Waals surface area contributed by atoms with Crippen molar-refractivity contribution < 1.29 is 5.11 Å². The van der Waals surface area contributed by atoms with Crippen LogP contribution in [0.1, 0.15) is 40.5 Å². The summed E-state index contributed by atoms with van der Waals surface area (Å²) in [6, 6.07) is 0. The largest absolute Gasteiger partial charge is 0.389 e. The van der Waals surface area contributed by atoms with Gasteiger partial charge in [-0.1, -0.05) is 20.3 Å². The lowest BCUT2D eigenvalue weighted by Crippen LogP contribution is -2.44. The molecule has 0 aromatic rings. The van der Waals surface area contributed by atoms with Crippen molar-refractivity contribution in [3.8, 4) is 0 Å². The van der Waals surface area contributed by atoms with Crippen LogP contribution < -0.4 is 5.32 Å². The topological polar surface area (TPSA) is 35.5 Å². The second-order valence-corrected chi connectivity index (χ2v) is 6.08. The summed E-state index contributed by atoms with van der Waals surface area (Å²) in [5.74, 6) is 0. The van der Waals surface area contributed by atoms with Crippen LogP contribution in [0.15, 0.2) is 0 Å². The minimum atomic E-state index is -0.610. The maximum atomic E-state index is 9.79. The Balaban J connectivity index is 4.28. The molecule has 0 aromatic heterocycles. The molecule has 0 aromatic carbocycles. The van der Waals surface area contributed by atoms with Gasteiger partial charge in [-0.15, -0.1) is 0 Å². The minimum Gasteiger partial charge on any atom is -0.389 e. The molecule has 98 valence electrons. The molecular formula is C13H30N2O. The van der Waals surface area contributed by atoms with Gasteiger partial charge >= 0.3 is 0 Å². The van der Waals surface area contributed by atoms with Crippen molar-refractivity contribution in [3.05, 3.63) is 0 Å². The van der Waals surface area contributed by atoms with Crippen molar-refractivity contribution in [2.75, 3.05) is 33.7 Å². The van der Waals surface area contributed by atoms with E-state index in [4.69, 9.17) is 0 Å². The van der Waals surface area contributed by atoms with Crippen molar-refractivity contribution in [3.63, 3.8) is 0 Å². The SMILES string of the molecule is CCCC(C)(CNC)CN(C)CC(C)(C)O. The molecule has 0 amide bonds. The first-order valence-electron chi connectivity index (χ1n) is 6.28. The van der Waals surface area contributed by atoms with Gasteiger partial charge in [-0.05, 0) is 39.8 Å². The van der Waals surface area contributed by atoms with E-state index in [1.165, 1.54) is 12.8 Å². The van der Waals surface area contributed by atoms with E-state index in [1.54, 1.807) is 0 Å². The summed E-state index contributed by atoms with van der Waals surface area (Å²) in [5.41, 5.74) is -0.314. The number of aliphatic hydroxyl groups is 1. The van der Waals surface area contributed by atoms with Crippen molar-refractivity contribution in [1.29, 1.82) is 0 Å². The molecule has 0 heterocycles. The van der Waals surface area contributed by atoms with E-state index in [0.29, 0.717) is 5.41 Å². The summed E-state index contributed by atoms with van der Waals surface area (Å²) in [5, 5.41) is 13.1. The Hall–Kier alpha value is -0.120. The van der Waals surface area contributed by atoms with Gasteiger partial charge in [-0.3, -0.25) is 0 Å². The van der Waals surface area contributed by atoms with Crippen molar-refractivity contribution in [2.24, 2.45) is 5.41 Å². The van der Waals surface area contributed by atoms with Crippen LogP contribution in [-0.4, -0.2) is 49.3 Å². The smallest absolute Gasteiger partial charge is 0.0718 e. The Bertz CT molecular complexity index is 181. The molecule has 0 radical (unpaired) electrons. The molecule has 0 bridgehead atoms. The third-order valence-electron chi connectivity index (χ3n) is 2.77. The molecule has 2 N–H and O–H groups in total. The zero-order valence-corrected chi connectivity index (χ0v) is 11.9. The van der Waals surface area contributed by atoms with Gasteiger partial charge in [0, 0.05) is 19.6 Å². The molecule has 1 atom stereocenters. The molecule has 0 saturated carbocycles. The first kappa shape index (κ1) is 15.9. The third kappa shape index (κ3) is 7.20. The van der Waals surface area contributed by atoms with E-state index < -0.39 is 5.60 Å². The summed E-state index contributed by atoms with van der Waals surface area (Å²) >= 11 is 0. The highest BCUT2D eigenvalue weighted by Gasteiger charge is 2.26. The number of nitrogens with zero attached hydrogens (tertiary/aromatic N) is 1. The molecule has 0 aliphatic rings. The highest BCUT2D eigenvalue weighted by atomic mass is 16.3. The molecule has 0 aliphatic heterocycles. The van der Waals surface area contributed by atoms with Crippen LogP contribution in [-0.2, 0) is 0 Å². The van der Waals surface area contributed by atoms with E-state index in [1.807, 2.05) is 20.9 Å². The number of likely N-dealkylation sites (N-methyl/N-ethyl adjacent to an activating group) is 1. The van der Waals surface area contributed by atoms with E-state index in [2.05, 4.69) is 31.1 Å². The predicted molar refractivity (Wildman–Crippen MR) is 70.7 cm³/mol. The quantitative estimate of drug-likeness (QED) is 0.666. The van der Waals surface area contributed by atoms with Gasteiger partial charge in [0.2, 0.25) is 0 Å². The molecule has 3 nitrogen and oxygen atoms in total. The summed E-state index contributed by atoms with van der Waals surface area (Å²) < 4.78 is 0. The zero-order valence-electron chi connectivity index (χ0n) is 11.9. The van der Waals surface area contributed by atoms with E-state index >= 15 is 0 Å². The predicted octanol–water partition coefficient (Wildman–Crippen LogP) is 1.71. The van der Waals surface area contributed by atoms with Crippen LogP contribution in [0.25, 0.3) is 0 Å². The Morgan fingerprint density at radius 2 is 1.75 bits per heavy atom. The standard InChI is InChI=1S/C13H30N2O/c1-7-8-13(4,9-14-5)11-15(6)10-12(2,3)16/h14,16H,7-11H2,1-6H3. The van der Waals surface area contributed by atoms with Gasteiger partial charge in [0.15, 0.2) is 0 Å². The molecule has 0 aliphatic carbocycles. The monoisotopic (exact) mass is 230 g/mol. The molecule has 0 spiro atoms. The summed E-state index contributed by atoms with van der Waals surface area (Å²) in [4.78, 5) is 2.23. The van der Waals surface area contributed by atoms with Crippen LogP contribution in [0, 0.1) is 5.41 Å². The van der Waals surface area contributed by atoms with Gasteiger partial charge in [0.25, 0.3) is 0 Å². The van der Waals surface area contributed by atoms with Gasteiger partial charge in [-0.25, -0.2) is 0 Å². The summed E-state index contributed by atoms with van der Waals surface area (Å²) in [6.07, 6.45) is 2.42. The van der Waals surface area contributed by atoms with Crippen LogP contribution in [0.3, 0.4) is 0 Å². The van der Waals surface area contributed by atoms with Crippen molar-refractivity contribution in [2.45, 2.75) is 46.1 Å². The lowest BCUT2D eigenvalue weighted by atomic mass is 9.84. The number of rotatable bonds is 8. The maximum absolute atomic E-state index is 9.79. The Labute approximate surface area is 101 Å². The fourth-order valence-electron chi connectivity index (χ4n) is 2.62. The van der Waals surface area contributed by atoms with Crippen LogP contribution in [0.4, 0.5) is 0 Å². The van der Waals surface area contributed by atoms with Crippen molar-refractivity contribution in [1.82, 2.24) is 10.2 Å². The maximum Gasteiger partial charge on any atom is 0.0718 e. The van der Waals surface area contributed by atoms with E-state index in [-0.39, 0.29) is 0 Å². The normalized spacial score (nSPS) is 16.5. The van der Waals surface area contributed by atoms with Crippen molar-refractivity contribution >= 4 is 0 Å². The van der Waals surface area contributed by atoms with Crippen LogP contribution in [0.5, 0.6) is 0 Å². The van der Waals surface area contributed by atoms with E-state index in [0.717, 1.165) is 19.6 Å². The van der Waals surface area contributed by atoms with Gasteiger partial charge in [0.05, 0.1) is 5.60 Å². The summed E-state index contributed by atoms with van der Waals surface area (Å²) in [6.45, 7) is 11.0. The first-order valence-corrected chi connectivity index (χ1v) is 6.28. The fourth-order valence-corrected chi connectivity index (χ4v) is 2.62. The average Bonchev–Trinajstić information content (AvgIpc) is 1.99. The highest BCUT2D eigenvalue weighted by molar-refractivity contribution is 4.81. The lowest BCUT2D eigenvalue weighted by molar-refractivity contribution is 0.0311. The molecule has 0 fully saturated rings. The molecule has 0 saturated heterocycles. The Morgan fingerprint density at radius 1 is 1.19 bits per heavy atom. The Kier molecular flexibility index (Phi) is 6.53. The van der Waals surface area contributed by atoms with Gasteiger partial charge in [0.1, 0.15) is 0 Å². The Morgan fingerprint density at radius 3 is 2.12 bits per heavy atom. The zero-order chi connectivity index (χ0) is 12.8. The second-order valence-electron chi connectivity index (χ2n) is 6.08. The molecular weight excluding hydrogens is 200 g/mol. The van der Waals surface area contributed by atoms with Gasteiger partial charge < -0.3 is 15.3 Å². The molecule has 3 heteroatoms. The number of hydrogen-bond donors (Lipinski definition) is 2. The van der Waals surface area contributed by atoms with E-state index in [9.17, 15) is 5.11 Å². The average molecular weight is 230 g/mol. The van der Waals surface area contributed by atoms with Crippen LogP contribution in [0.2, 0.25) is 0 Å². The first-order chi connectivity index (χ1) is 7.22. The lowest BCUT2D eigenvalue weighted by Gasteiger charge is -2.36. The second kappa shape index (κ2) is 6.58. The fraction of sp³-hybridized carbons (Fsp3) is 1.00. The van der Waals surface area contributed by atoms with Gasteiger partial charge in [-0.2, -0.15) is 0 Å². The molecule has 0 rings (SSSR count). The van der Waals surface area contributed by atoms with Crippen LogP contribution >= 0.6 is 0 Å². The third-order valence-corrected chi connectivity index (χ3v) is 2.77. The number of nitrogens with one attached hydrogen (secondary N) is 1. The summed E-state index contributed by atoms with van der Waals surface area (Å²) in [7, 11) is 4.09. The highest BCUT2D eigenvalue weighted by Crippen LogP contribution is 2.24. The minimum absolute atomic E-state index is 0.295. The molecule has 1 unspecified atom stereocenters.